The zero-order valence-corrected chi connectivity index (χ0v) is 11.9. The Kier molecular flexibility index (Phi) is 5.26. The normalized spacial score (nSPS) is 13.8. The summed E-state index contributed by atoms with van der Waals surface area (Å²) >= 11 is 11.9. The standard InChI is InChI=1S/C13H19Cl2NO/c1-4-12(16-8-13(2,3)17)9-5-6-10(14)11(15)7-9/h5-7,12,16-17H,4,8H2,1-3H3. The van der Waals surface area contributed by atoms with Crippen molar-refractivity contribution in [2.45, 2.75) is 38.8 Å². The van der Waals surface area contributed by atoms with Gasteiger partial charge in [0.1, 0.15) is 0 Å². The van der Waals surface area contributed by atoms with Crippen molar-refractivity contribution in [1.82, 2.24) is 5.32 Å². The fourth-order valence-electron chi connectivity index (χ4n) is 1.60. The van der Waals surface area contributed by atoms with Gasteiger partial charge in [-0.3, -0.25) is 0 Å². The summed E-state index contributed by atoms with van der Waals surface area (Å²) in [5.74, 6) is 0. The smallest absolute Gasteiger partial charge is 0.0715 e. The van der Waals surface area contributed by atoms with Crippen LogP contribution in [0.5, 0.6) is 0 Å². The summed E-state index contributed by atoms with van der Waals surface area (Å²) in [6.45, 7) is 6.18. The molecule has 0 saturated carbocycles. The minimum atomic E-state index is -0.719. The Balaban J connectivity index is 2.76. The molecule has 17 heavy (non-hydrogen) atoms. The predicted molar refractivity (Wildman–Crippen MR) is 73.8 cm³/mol. The van der Waals surface area contributed by atoms with Crippen LogP contribution in [0, 0.1) is 0 Å². The van der Waals surface area contributed by atoms with E-state index in [-0.39, 0.29) is 6.04 Å². The van der Waals surface area contributed by atoms with Gasteiger partial charge in [-0.25, -0.2) is 0 Å². The highest BCUT2D eigenvalue weighted by Crippen LogP contribution is 2.27. The van der Waals surface area contributed by atoms with E-state index in [1.807, 2.05) is 12.1 Å². The molecular formula is C13H19Cl2NO. The topological polar surface area (TPSA) is 32.3 Å². The zero-order chi connectivity index (χ0) is 13.1. The van der Waals surface area contributed by atoms with Crippen LogP contribution >= 0.6 is 23.2 Å². The van der Waals surface area contributed by atoms with Crippen LogP contribution in [0.2, 0.25) is 10.0 Å². The highest BCUT2D eigenvalue weighted by atomic mass is 35.5. The molecule has 2 N–H and O–H groups in total. The van der Waals surface area contributed by atoms with E-state index >= 15 is 0 Å². The maximum atomic E-state index is 9.70. The number of hydrogen-bond donors (Lipinski definition) is 2. The summed E-state index contributed by atoms with van der Waals surface area (Å²) < 4.78 is 0. The quantitative estimate of drug-likeness (QED) is 0.857. The van der Waals surface area contributed by atoms with Crippen LogP contribution in [-0.2, 0) is 0 Å². The van der Waals surface area contributed by atoms with E-state index in [1.54, 1.807) is 19.9 Å². The number of hydrogen-bond acceptors (Lipinski definition) is 2. The molecule has 0 spiro atoms. The second-order valence-corrected chi connectivity index (χ2v) is 5.64. The van der Waals surface area contributed by atoms with E-state index in [0.29, 0.717) is 16.6 Å². The lowest BCUT2D eigenvalue weighted by atomic mass is 10.0. The summed E-state index contributed by atoms with van der Waals surface area (Å²) in [6.07, 6.45) is 0.925. The summed E-state index contributed by atoms with van der Waals surface area (Å²) in [5.41, 5.74) is 0.370. The highest BCUT2D eigenvalue weighted by molar-refractivity contribution is 6.42. The molecule has 0 aliphatic heterocycles. The molecule has 1 aromatic rings. The molecular weight excluding hydrogens is 257 g/mol. The van der Waals surface area contributed by atoms with Gasteiger partial charge in [-0.1, -0.05) is 36.2 Å². The van der Waals surface area contributed by atoms with Crippen molar-refractivity contribution in [2.75, 3.05) is 6.54 Å². The monoisotopic (exact) mass is 275 g/mol. The van der Waals surface area contributed by atoms with Crippen molar-refractivity contribution in [3.05, 3.63) is 33.8 Å². The second-order valence-electron chi connectivity index (χ2n) is 4.83. The first-order valence-corrected chi connectivity index (χ1v) is 6.50. The first-order chi connectivity index (χ1) is 7.83. The van der Waals surface area contributed by atoms with Gasteiger partial charge in [0.25, 0.3) is 0 Å². The Morgan fingerprint density at radius 3 is 2.41 bits per heavy atom. The van der Waals surface area contributed by atoms with Crippen molar-refractivity contribution >= 4 is 23.2 Å². The van der Waals surface area contributed by atoms with E-state index < -0.39 is 5.60 Å². The van der Waals surface area contributed by atoms with Gasteiger partial charge in [-0.2, -0.15) is 0 Å². The summed E-state index contributed by atoms with van der Waals surface area (Å²) in [6, 6.07) is 5.80. The van der Waals surface area contributed by atoms with Crippen LogP contribution in [0.25, 0.3) is 0 Å². The predicted octanol–water partition coefficient (Wildman–Crippen LogP) is 3.81. The first-order valence-electron chi connectivity index (χ1n) is 5.74. The van der Waals surface area contributed by atoms with Gasteiger partial charge in [0.2, 0.25) is 0 Å². The SMILES string of the molecule is CCC(NCC(C)(C)O)c1ccc(Cl)c(Cl)c1. The number of halogens is 2. The van der Waals surface area contributed by atoms with Crippen molar-refractivity contribution in [2.24, 2.45) is 0 Å². The lowest BCUT2D eigenvalue weighted by molar-refractivity contribution is 0.0762. The molecule has 1 atom stereocenters. The zero-order valence-electron chi connectivity index (χ0n) is 10.4. The number of nitrogens with one attached hydrogen (secondary N) is 1. The Hall–Kier alpha value is -0.280. The van der Waals surface area contributed by atoms with Crippen molar-refractivity contribution in [3.63, 3.8) is 0 Å². The molecule has 0 aliphatic rings. The Bertz CT molecular complexity index is 374. The van der Waals surface area contributed by atoms with Crippen LogP contribution in [-0.4, -0.2) is 17.3 Å². The molecule has 0 fully saturated rings. The average molecular weight is 276 g/mol. The molecule has 1 aromatic carbocycles. The first kappa shape index (κ1) is 14.8. The fourth-order valence-corrected chi connectivity index (χ4v) is 1.91. The lowest BCUT2D eigenvalue weighted by Gasteiger charge is -2.24. The van der Waals surface area contributed by atoms with Gasteiger partial charge >= 0.3 is 0 Å². The average Bonchev–Trinajstić information content (AvgIpc) is 2.22. The molecule has 0 amide bonds. The van der Waals surface area contributed by atoms with E-state index in [4.69, 9.17) is 23.2 Å². The molecule has 4 heteroatoms. The Morgan fingerprint density at radius 1 is 1.29 bits per heavy atom. The number of rotatable bonds is 5. The van der Waals surface area contributed by atoms with Crippen LogP contribution in [0.1, 0.15) is 38.8 Å². The molecule has 2 nitrogen and oxygen atoms in total. The molecule has 0 saturated heterocycles. The van der Waals surface area contributed by atoms with Crippen molar-refractivity contribution in [1.29, 1.82) is 0 Å². The van der Waals surface area contributed by atoms with E-state index in [1.165, 1.54) is 0 Å². The van der Waals surface area contributed by atoms with Crippen LogP contribution in [0.4, 0.5) is 0 Å². The van der Waals surface area contributed by atoms with Gasteiger partial charge in [0, 0.05) is 12.6 Å². The molecule has 0 bridgehead atoms. The molecule has 0 aromatic heterocycles. The third-order valence-corrected chi connectivity index (χ3v) is 3.27. The number of benzene rings is 1. The van der Waals surface area contributed by atoms with Crippen LogP contribution in [0.3, 0.4) is 0 Å². The molecule has 1 rings (SSSR count). The minimum Gasteiger partial charge on any atom is -0.389 e. The third kappa shape index (κ3) is 4.84. The Morgan fingerprint density at radius 2 is 1.94 bits per heavy atom. The van der Waals surface area contributed by atoms with Crippen LogP contribution in [0.15, 0.2) is 18.2 Å². The summed E-state index contributed by atoms with van der Waals surface area (Å²) in [7, 11) is 0. The molecule has 1 unspecified atom stereocenters. The summed E-state index contributed by atoms with van der Waals surface area (Å²) in [4.78, 5) is 0. The van der Waals surface area contributed by atoms with Gasteiger partial charge in [-0.15, -0.1) is 0 Å². The minimum absolute atomic E-state index is 0.177. The lowest BCUT2D eigenvalue weighted by Crippen LogP contribution is -2.36. The molecule has 96 valence electrons. The van der Waals surface area contributed by atoms with Gasteiger partial charge in [0.15, 0.2) is 0 Å². The summed E-state index contributed by atoms with van der Waals surface area (Å²) in [5, 5.41) is 14.1. The number of aliphatic hydroxyl groups is 1. The Labute approximate surface area is 113 Å². The fraction of sp³-hybridized carbons (Fsp3) is 0.538. The van der Waals surface area contributed by atoms with E-state index in [0.717, 1.165) is 12.0 Å². The van der Waals surface area contributed by atoms with E-state index in [2.05, 4.69) is 12.2 Å². The largest absolute Gasteiger partial charge is 0.389 e. The van der Waals surface area contributed by atoms with Crippen molar-refractivity contribution < 1.29 is 5.11 Å². The van der Waals surface area contributed by atoms with Crippen molar-refractivity contribution in [3.8, 4) is 0 Å². The third-order valence-electron chi connectivity index (χ3n) is 2.54. The maximum Gasteiger partial charge on any atom is 0.0715 e. The van der Waals surface area contributed by atoms with Gasteiger partial charge in [-0.05, 0) is 38.0 Å². The van der Waals surface area contributed by atoms with Crippen LogP contribution < -0.4 is 5.32 Å². The van der Waals surface area contributed by atoms with Gasteiger partial charge < -0.3 is 10.4 Å². The maximum absolute atomic E-state index is 9.70. The molecule has 0 heterocycles. The molecule has 0 aliphatic carbocycles. The van der Waals surface area contributed by atoms with Gasteiger partial charge in [0.05, 0.1) is 15.6 Å². The molecule has 0 radical (unpaired) electrons. The van der Waals surface area contributed by atoms with E-state index in [9.17, 15) is 5.11 Å². The highest BCUT2D eigenvalue weighted by Gasteiger charge is 2.16. The second kappa shape index (κ2) is 6.05.